The first kappa shape index (κ1) is 24.5. The van der Waals surface area contributed by atoms with E-state index in [4.69, 9.17) is 14.2 Å². The Morgan fingerprint density at radius 1 is 1.09 bits per heavy atom. The highest BCUT2D eigenvalue weighted by Crippen LogP contribution is 2.64. The van der Waals surface area contributed by atoms with Gasteiger partial charge in [-0.25, -0.2) is 0 Å². The molecule has 0 aromatic rings. The molecule has 1 fully saturated rings. The fourth-order valence-corrected chi connectivity index (χ4v) is 6.55. The number of hydrogen-bond donors (Lipinski definition) is 1. The van der Waals surface area contributed by atoms with Crippen LogP contribution in [0.4, 0.5) is 0 Å². The second kappa shape index (κ2) is 8.32. The molecule has 3 rings (SSSR count). The van der Waals surface area contributed by atoms with Gasteiger partial charge in [-0.2, -0.15) is 0 Å². The van der Waals surface area contributed by atoms with Crippen molar-refractivity contribution in [3.63, 3.8) is 0 Å². The maximum Gasteiger partial charge on any atom is 0.311 e. The van der Waals surface area contributed by atoms with Crippen molar-refractivity contribution in [2.45, 2.75) is 85.0 Å². The van der Waals surface area contributed by atoms with Gasteiger partial charge in [0.15, 0.2) is 0 Å². The molecule has 0 heterocycles. The zero-order valence-electron chi connectivity index (χ0n) is 20.0. The van der Waals surface area contributed by atoms with Gasteiger partial charge in [0.1, 0.15) is 12.2 Å². The molecule has 7 heteroatoms. The third-order valence-electron chi connectivity index (χ3n) is 8.42. The summed E-state index contributed by atoms with van der Waals surface area (Å²) in [5, 5.41) is 11.3. The summed E-state index contributed by atoms with van der Waals surface area (Å²) >= 11 is 0. The Kier molecular flexibility index (Phi) is 6.37. The average Bonchev–Trinajstić information content (AvgIpc) is 2.73. The summed E-state index contributed by atoms with van der Waals surface area (Å²) in [7, 11) is 1.37. The van der Waals surface area contributed by atoms with Crippen molar-refractivity contribution in [2.24, 2.45) is 22.2 Å². The van der Waals surface area contributed by atoms with Crippen LogP contribution in [0.25, 0.3) is 0 Å². The SMILES string of the molecule is C=CC1(C)CCC2=C(C(OC(C)=O)CC3C(C)(C(=O)OC)CCC(O)C23C)C1OC(C)=O. The molecule has 0 radical (unpaired) electrons. The lowest BCUT2D eigenvalue weighted by molar-refractivity contribution is -0.178. The first-order valence-corrected chi connectivity index (χ1v) is 11.3. The van der Waals surface area contributed by atoms with Crippen molar-refractivity contribution < 1.29 is 33.7 Å². The summed E-state index contributed by atoms with van der Waals surface area (Å²) in [5.41, 5.74) is -0.467. The number of fused-ring (bicyclic) bond motifs is 2. The van der Waals surface area contributed by atoms with E-state index < -0.39 is 46.5 Å². The Labute approximate surface area is 190 Å². The van der Waals surface area contributed by atoms with Crippen molar-refractivity contribution in [2.75, 3.05) is 7.11 Å². The lowest BCUT2D eigenvalue weighted by Gasteiger charge is -2.60. The Morgan fingerprint density at radius 3 is 2.25 bits per heavy atom. The van der Waals surface area contributed by atoms with E-state index in [1.807, 2.05) is 20.8 Å². The first-order valence-electron chi connectivity index (χ1n) is 11.3. The van der Waals surface area contributed by atoms with Crippen LogP contribution < -0.4 is 0 Å². The van der Waals surface area contributed by atoms with E-state index in [2.05, 4.69) is 6.58 Å². The molecule has 0 saturated heterocycles. The highest BCUT2D eigenvalue weighted by molar-refractivity contribution is 5.77. The summed E-state index contributed by atoms with van der Waals surface area (Å²) in [6, 6.07) is 0. The second-order valence-electron chi connectivity index (χ2n) is 10.3. The average molecular weight is 449 g/mol. The lowest BCUT2D eigenvalue weighted by Crippen LogP contribution is -2.61. The maximum absolute atomic E-state index is 12.9. The number of carbonyl (C=O) groups is 3. The van der Waals surface area contributed by atoms with E-state index >= 15 is 0 Å². The molecule has 0 aromatic heterocycles. The number of aliphatic hydroxyl groups is 1. The van der Waals surface area contributed by atoms with Gasteiger partial charge in [-0.05, 0) is 44.9 Å². The van der Waals surface area contributed by atoms with Gasteiger partial charge < -0.3 is 19.3 Å². The minimum atomic E-state index is -0.838. The fourth-order valence-electron chi connectivity index (χ4n) is 6.55. The zero-order chi connectivity index (χ0) is 24.1. The van der Waals surface area contributed by atoms with Crippen LogP contribution in [0.3, 0.4) is 0 Å². The molecular weight excluding hydrogens is 412 g/mol. The summed E-state index contributed by atoms with van der Waals surface area (Å²) in [6.45, 7) is 12.5. The van der Waals surface area contributed by atoms with Crippen LogP contribution in [0, 0.1) is 22.2 Å². The van der Waals surface area contributed by atoms with E-state index in [9.17, 15) is 19.5 Å². The minimum Gasteiger partial charge on any atom is -0.469 e. The van der Waals surface area contributed by atoms with Crippen molar-refractivity contribution in [3.8, 4) is 0 Å². The summed E-state index contributed by atoms with van der Waals surface area (Å²) < 4.78 is 16.8. The summed E-state index contributed by atoms with van der Waals surface area (Å²) in [4.78, 5) is 37.1. The van der Waals surface area contributed by atoms with Gasteiger partial charge in [0.05, 0.1) is 18.6 Å². The van der Waals surface area contributed by atoms with Crippen molar-refractivity contribution in [1.29, 1.82) is 0 Å². The van der Waals surface area contributed by atoms with Crippen LogP contribution in [0.1, 0.15) is 66.7 Å². The fraction of sp³-hybridized carbons (Fsp3) is 0.720. The van der Waals surface area contributed by atoms with Crippen molar-refractivity contribution in [3.05, 3.63) is 23.8 Å². The molecule has 7 atom stereocenters. The molecule has 178 valence electrons. The van der Waals surface area contributed by atoms with E-state index in [-0.39, 0.29) is 11.9 Å². The highest BCUT2D eigenvalue weighted by atomic mass is 16.6. The monoisotopic (exact) mass is 448 g/mol. The van der Waals surface area contributed by atoms with Gasteiger partial charge in [-0.1, -0.05) is 25.5 Å². The Bertz CT molecular complexity index is 860. The predicted molar refractivity (Wildman–Crippen MR) is 117 cm³/mol. The zero-order valence-corrected chi connectivity index (χ0v) is 20.0. The van der Waals surface area contributed by atoms with Crippen LogP contribution in [0.2, 0.25) is 0 Å². The number of methoxy groups -OCH3 is 1. The Morgan fingerprint density at radius 2 is 1.72 bits per heavy atom. The van der Waals surface area contributed by atoms with Crippen LogP contribution in [0.5, 0.6) is 0 Å². The van der Waals surface area contributed by atoms with Gasteiger partial charge in [-0.3, -0.25) is 14.4 Å². The van der Waals surface area contributed by atoms with Gasteiger partial charge in [0.2, 0.25) is 0 Å². The molecule has 32 heavy (non-hydrogen) atoms. The number of esters is 3. The normalized spacial score (nSPS) is 41.1. The van der Waals surface area contributed by atoms with Crippen LogP contribution in [0.15, 0.2) is 23.8 Å². The van der Waals surface area contributed by atoms with Gasteiger partial charge in [0, 0.05) is 30.3 Å². The molecular formula is C25H36O7. The first-order chi connectivity index (χ1) is 14.8. The van der Waals surface area contributed by atoms with Crippen LogP contribution in [-0.4, -0.2) is 48.4 Å². The van der Waals surface area contributed by atoms with Gasteiger partial charge in [-0.15, -0.1) is 6.58 Å². The van der Waals surface area contributed by atoms with Gasteiger partial charge in [0.25, 0.3) is 0 Å². The molecule has 0 aromatic carbocycles. The second-order valence-corrected chi connectivity index (χ2v) is 10.3. The minimum absolute atomic E-state index is 0.305. The quantitative estimate of drug-likeness (QED) is 0.399. The number of carbonyl (C=O) groups excluding carboxylic acids is 3. The number of rotatable bonds is 4. The molecule has 3 aliphatic rings. The van der Waals surface area contributed by atoms with E-state index in [0.29, 0.717) is 32.1 Å². The number of aliphatic hydroxyl groups excluding tert-OH is 1. The standard InChI is InChI=1S/C25H36O7/c1-8-23(4)11-9-16-20(21(23)32-15(3)27)17(31-14(2)26)13-18-24(5,22(29)30-7)12-10-19(28)25(16,18)6/h8,17-19,21,28H,1,9-13H2,2-7H3. The molecule has 0 aliphatic heterocycles. The molecule has 1 N–H and O–H groups in total. The molecule has 0 spiro atoms. The van der Waals surface area contributed by atoms with Crippen LogP contribution >= 0.6 is 0 Å². The summed E-state index contributed by atoms with van der Waals surface area (Å²) in [6.07, 6.45) is 2.32. The third-order valence-corrected chi connectivity index (χ3v) is 8.42. The lowest BCUT2D eigenvalue weighted by atomic mass is 9.45. The van der Waals surface area contributed by atoms with Crippen LogP contribution in [-0.2, 0) is 28.6 Å². The highest BCUT2D eigenvalue weighted by Gasteiger charge is 2.64. The number of hydrogen-bond acceptors (Lipinski definition) is 7. The predicted octanol–water partition coefficient (Wildman–Crippen LogP) is 3.49. The molecule has 7 nitrogen and oxygen atoms in total. The third kappa shape index (κ3) is 3.58. The summed E-state index contributed by atoms with van der Waals surface area (Å²) in [5.74, 6) is -1.52. The smallest absolute Gasteiger partial charge is 0.311 e. The molecule has 0 amide bonds. The maximum atomic E-state index is 12.9. The Hall–Kier alpha value is -2.15. The topological polar surface area (TPSA) is 99.1 Å². The molecule has 1 saturated carbocycles. The largest absolute Gasteiger partial charge is 0.469 e. The van der Waals surface area contributed by atoms with Crippen molar-refractivity contribution in [1.82, 2.24) is 0 Å². The Balaban J connectivity index is 2.27. The van der Waals surface area contributed by atoms with Crippen molar-refractivity contribution >= 4 is 17.9 Å². The van der Waals surface area contributed by atoms with E-state index in [1.54, 1.807) is 6.08 Å². The van der Waals surface area contributed by atoms with E-state index in [0.717, 1.165) is 11.1 Å². The molecule has 0 bridgehead atoms. The van der Waals surface area contributed by atoms with E-state index in [1.165, 1.54) is 21.0 Å². The molecule has 7 unspecified atom stereocenters. The number of ether oxygens (including phenoxy) is 3. The van der Waals surface area contributed by atoms with Gasteiger partial charge >= 0.3 is 17.9 Å². The molecule has 3 aliphatic carbocycles.